The maximum absolute atomic E-state index is 9.70. The van der Waals surface area contributed by atoms with Crippen molar-refractivity contribution in [3.8, 4) is 5.88 Å². The fourth-order valence-electron chi connectivity index (χ4n) is 2.30. The largest absolute Gasteiger partial charge is 0.494 e. The van der Waals surface area contributed by atoms with Gasteiger partial charge in [-0.25, -0.2) is 0 Å². The van der Waals surface area contributed by atoms with Gasteiger partial charge >= 0.3 is 0 Å². The van der Waals surface area contributed by atoms with Crippen LogP contribution in [0.4, 0.5) is 0 Å². The smallest absolute Gasteiger partial charge is 0.191 e. The summed E-state index contributed by atoms with van der Waals surface area (Å²) in [6, 6.07) is 6.01. The molecule has 2 heteroatoms. The number of hydrogen-bond donors (Lipinski definition) is 1. The Balaban J connectivity index is 2.91. The molecule has 0 aliphatic heterocycles. The third-order valence-electron chi connectivity index (χ3n) is 3.01. The van der Waals surface area contributed by atoms with Gasteiger partial charge in [-0.05, 0) is 24.0 Å². The van der Waals surface area contributed by atoms with Crippen LogP contribution in [0.1, 0.15) is 30.9 Å². The summed E-state index contributed by atoms with van der Waals surface area (Å²) in [5.74, 6) is 0.805. The van der Waals surface area contributed by atoms with Gasteiger partial charge in [0, 0.05) is 18.5 Å². The van der Waals surface area contributed by atoms with Crippen molar-refractivity contribution in [3.63, 3.8) is 0 Å². The highest BCUT2D eigenvalue weighted by atomic mass is 16.3. The van der Waals surface area contributed by atoms with E-state index in [1.807, 2.05) is 17.7 Å². The molecule has 0 bridgehead atoms. The number of benzene rings is 1. The van der Waals surface area contributed by atoms with Crippen LogP contribution in [0.2, 0.25) is 0 Å². The molecule has 0 radical (unpaired) electrons. The number of aromatic hydroxyl groups is 1. The van der Waals surface area contributed by atoms with Gasteiger partial charge in [-0.1, -0.05) is 26.0 Å². The Kier molecular flexibility index (Phi) is 2.22. The molecule has 0 spiro atoms. The Hall–Kier alpha value is -1.44. The van der Waals surface area contributed by atoms with E-state index in [9.17, 15) is 5.11 Å². The van der Waals surface area contributed by atoms with E-state index in [0.29, 0.717) is 11.8 Å². The third kappa shape index (κ3) is 1.41. The topological polar surface area (TPSA) is 25.2 Å². The first-order valence-electron chi connectivity index (χ1n) is 5.30. The van der Waals surface area contributed by atoms with Crippen molar-refractivity contribution in [2.24, 2.45) is 7.05 Å². The minimum absolute atomic E-state index is 0.331. The molecule has 2 nitrogen and oxygen atoms in total. The Morgan fingerprint density at radius 3 is 2.53 bits per heavy atom. The number of fused-ring (bicyclic) bond motifs is 1. The summed E-state index contributed by atoms with van der Waals surface area (Å²) in [5, 5.41) is 10.8. The van der Waals surface area contributed by atoms with Crippen molar-refractivity contribution < 1.29 is 5.11 Å². The van der Waals surface area contributed by atoms with Gasteiger partial charge in [-0.2, -0.15) is 0 Å². The molecule has 2 rings (SSSR count). The van der Waals surface area contributed by atoms with Crippen molar-refractivity contribution in [2.75, 3.05) is 0 Å². The molecule has 0 aliphatic carbocycles. The van der Waals surface area contributed by atoms with E-state index in [2.05, 4.69) is 32.9 Å². The Labute approximate surface area is 90.2 Å². The van der Waals surface area contributed by atoms with Gasteiger partial charge in [0.05, 0.1) is 5.52 Å². The minimum atomic E-state index is 0.331. The Morgan fingerprint density at radius 1 is 1.27 bits per heavy atom. The Bertz CT molecular complexity index is 509. The molecule has 0 saturated heterocycles. The zero-order valence-electron chi connectivity index (χ0n) is 9.70. The standard InChI is InChI=1S/C13H17NO/c1-8(2)12-9(3)5-6-10-7-11(15)14(4)13(10)12/h5-8,15H,1-4H3. The summed E-state index contributed by atoms with van der Waals surface area (Å²) in [6.07, 6.45) is 0. The van der Waals surface area contributed by atoms with E-state index in [0.717, 1.165) is 10.9 Å². The molecule has 0 amide bonds. The van der Waals surface area contributed by atoms with E-state index in [-0.39, 0.29) is 0 Å². The lowest BCUT2D eigenvalue weighted by Gasteiger charge is -2.13. The number of aromatic nitrogens is 1. The van der Waals surface area contributed by atoms with E-state index in [1.54, 1.807) is 0 Å². The molecule has 1 heterocycles. The van der Waals surface area contributed by atoms with Gasteiger partial charge in [0.15, 0.2) is 5.88 Å². The number of nitrogens with zero attached hydrogens (tertiary/aromatic N) is 1. The van der Waals surface area contributed by atoms with Gasteiger partial charge in [0.25, 0.3) is 0 Å². The first-order valence-corrected chi connectivity index (χ1v) is 5.30. The molecule has 80 valence electrons. The monoisotopic (exact) mass is 203 g/mol. The number of rotatable bonds is 1. The van der Waals surface area contributed by atoms with Crippen molar-refractivity contribution in [2.45, 2.75) is 26.7 Å². The molecule has 0 saturated carbocycles. The van der Waals surface area contributed by atoms with Gasteiger partial charge < -0.3 is 9.67 Å². The van der Waals surface area contributed by atoms with E-state index in [1.165, 1.54) is 11.1 Å². The first kappa shape index (κ1) is 10.1. The second-order valence-corrected chi connectivity index (χ2v) is 4.45. The predicted octanol–water partition coefficient (Wildman–Crippen LogP) is 3.32. The molecule has 1 aromatic heterocycles. The number of aryl methyl sites for hydroxylation is 2. The zero-order chi connectivity index (χ0) is 11.2. The van der Waals surface area contributed by atoms with Gasteiger partial charge in [-0.15, -0.1) is 0 Å². The summed E-state index contributed by atoms with van der Waals surface area (Å²) in [4.78, 5) is 0. The van der Waals surface area contributed by atoms with Gasteiger partial charge in [0.1, 0.15) is 0 Å². The van der Waals surface area contributed by atoms with Crippen LogP contribution in [0.15, 0.2) is 18.2 Å². The molecule has 15 heavy (non-hydrogen) atoms. The van der Waals surface area contributed by atoms with Crippen molar-refractivity contribution >= 4 is 10.9 Å². The molecule has 0 fully saturated rings. The summed E-state index contributed by atoms with van der Waals surface area (Å²) in [7, 11) is 1.91. The number of hydrogen-bond acceptors (Lipinski definition) is 1. The van der Waals surface area contributed by atoms with Gasteiger partial charge in [-0.3, -0.25) is 0 Å². The maximum Gasteiger partial charge on any atom is 0.191 e. The Morgan fingerprint density at radius 2 is 1.93 bits per heavy atom. The second kappa shape index (κ2) is 3.30. The third-order valence-corrected chi connectivity index (χ3v) is 3.01. The summed E-state index contributed by atoms with van der Waals surface area (Å²) in [6.45, 7) is 6.50. The normalized spacial score (nSPS) is 11.5. The van der Waals surface area contributed by atoms with Crippen LogP contribution >= 0.6 is 0 Å². The second-order valence-electron chi connectivity index (χ2n) is 4.45. The molecule has 0 aliphatic rings. The fourth-order valence-corrected chi connectivity index (χ4v) is 2.30. The fraction of sp³-hybridized carbons (Fsp3) is 0.385. The van der Waals surface area contributed by atoms with E-state index in [4.69, 9.17) is 0 Å². The highest BCUT2D eigenvalue weighted by molar-refractivity contribution is 5.86. The van der Waals surface area contributed by atoms with Crippen LogP contribution in [-0.4, -0.2) is 9.67 Å². The molecule has 1 aromatic carbocycles. The van der Waals surface area contributed by atoms with Crippen LogP contribution in [-0.2, 0) is 7.05 Å². The quantitative estimate of drug-likeness (QED) is 0.755. The highest BCUT2D eigenvalue weighted by Gasteiger charge is 2.13. The van der Waals surface area contributed by atoms with Crippen molar-refractivity contribution in [3.05, 3.63) is 29.3 Å². The SMILES string of the molecule is Cc1ccc2cc(O)n(C)c2c1C(C)C. The molecular weight excluding hydrogens is 186 g/mol. The minimum Gasteiger partial charge on any atom is -0.494 e. The van der Waals surface area contributed by atoms with Crippen LogP contribution in [0, 0.1) is 6.92 Å². The van der Waals surface area contributed by atoms with Crippen LogP contribution in [0.3, 0.4) is 0 Å². The predicted molar refractivity (Wildman–Crippen MR) is 63.4 cm³/mol. The summed E-state index contributed by atoms with van der Waals surface area (Å²) in [5.41, 5.74) is 3.77. The molecule has 2 aromatic rings. The molecule has 0 unspecified atom stereocenters. The van der Waals surface area contributed by atoms with Crippen molar-refractivity contribution in [1.82, 2.24) is 4.57 Å². The maximum atomic E-state index is 9.70. The van der Waals surface area contributed by atoms with Crippen molar-refractivity contribution in [1.29, 1.82) is 0 Å². The highest BCUT2D eigenvalue weighted by Crippen LogP contribution is 2.32. The average molecular weight is 203 g/mol. The lowest BCUT2D eigenvalue weighted by Crippen LogP contribution is -1.97. The lowest BCUT2D eigenvalue weighted by molar-refractivity contribution is 0.435. The lowest BCUT2D eigenvalue weighted by atomic mass is 9.95. The van der Waals surface area contributed by atoms with Crippen LogP contribution in [0.25, 0.3) is 10.9 Å². The first-order chi connectivity index (χ1) is 7.02. The molecule has 0 atom stereocenters. The zero-order valence-corrected chi connectivity index (χ0v) is 9.70. The molecule has 1 N–H and O–H groups in total. The summed E-state index contributed by atoms with van der Waals surface area (Å²) >= 11 is 0. The van der Waals surface area contributed by atoms with Gasteiger partial charge in [0.2, 0.25) is 0 Å². The van der Waals surface area contributed by atoms with E-state index >= 15 is 0 Å². The average Bonchev–Trinajstić information content (AvgIpc) is 2.44. The molecular formula is C13H17NO. The van der Waals surface area contributed by atoms with E-state index < -0.39 is 0 Å². The van der Waals surface area contributed by atoms with Crippen LogP contribution < -0.4 is 0 Å². The van der Waals surface area contributed by atoms with Crippen LogP contribution in [0.5, 0.6) is 5.88 Å². The summed E-state index contributed by atoms with van der Waals surface area (Å²) < 4.78 is 1.86.